The number of nitrogen functional groups attached to an aromatic ring is 1. The molecule has 2 aliphatic heterocycles. The molecule has 0 saturated carbocycles. The molecule has 5 rings (SSSR count). The fourth-order valence-corrected chi connectivity index (χ4v) is 6.36. The summed E-state index contributed by atoms with van der Waals surface area (Å²) in [5, 5.41) is 3.64. The molecule has 1 amide bonds. The zero-order valence-electron chi connectivity index (χ0n) is 25.9. The molecular weight excluding hydrogens is 576 g/mol. The quantitative estimate of drug-likeness (QED) is 0.0982. The normalized spacial score (nSPS) is 17.3. The number of nitrogens with zero attached hydrogens (tertiary/aromatic N) is 2. The lowest BCUT2D eigenvalue weighted by Crippen LogP contribution is -2.51. The van der Waals surface area contributed by atoms with Gasteiger partial charge in [0.1, 0.15) is 12.6 Å². The highest BCUT2D eigenvalue weighted by molar-refractivity contribution is 5.92. The van der Waals surface area contributed by atoms with Gasteiger partial charge >= 0.3 is 11.9 Å². The van der Waals surface area contributed by atoms with Crippen molar-refractivity contribution in [2.24, 2.45) is 11.5 Å². The Hall–Kier alpha value is -4.29. The lowest BCUT2D eigenvalue weighted by Gasteiger charge is -2.36. The second kappa shape index (κ2) is 13.4. The molecule has 0 bridgehead atoms. The molecule has 4 heterocycles. The summed E-state index contributed by atoms with van der Waals surface area (Å²) in [6.45, 7) is 4.42. The number of benzene rings is 1. The number of hydrogen-bond acceptors (Lipinski definition) is 10. The Kier molecular flexibility index (Phi) is 9.54. The van der Waals surface area contributed by atoms with Crippen molar-refractivity contribution < 1.29 is 23.9 Å². The van der Waals surface area contributed by atoms with E-state index in [1.807, 2.05) is 12.1 Å². The van der Waals surface area contributed by atoms with Crippen LogP contribution in [0.1, 0.15) is 81.0 Å². The molecular formula is C33H42N6O6. The average molecular weight is 619 g/mol. The van der Waals surface area contributed by atoms with E-state index in [0.717, 1.165) is 41.3 Å². The molecule has 12 nitrogen and oxygen atoms in total. The van der Waals surface area contributed by atoms with Crippen LogP contribution in [0.3, 0.4) is 0 Å². The number of hydrogen-bond donors (Lipinski definition) is 4. The fourth-order valence-electron chi connectivity index (χ4n) is 6.36. The first-order chi connectivity index (χ1) is 21.7. The molecule has 1 unspecified atom stereocenters. The van der Waals surface area contributed by atoms with Gasteiger partial charge in [-0.05, 0) is 74.9 Å². The molecule has 0 saturated heterocycles. The monoisotopic (exact) mass is 618 g/mol. The largest absolute Gasteiger partial charge is 0.457 e. The van der Waals surface area contributed by atoms with Crippen molar-refractivity contribution in [1.82, 2.24) is 14.9 Å². The third-order valence-corrected chi connectivity index (χ3v) is 8.79. The molecule has 2 aliphatic rings. The van der Waals surface area contributed by atoms with Gasteiger partial charge < -0.3 is 36.6 Å². The van der Waals surface area contributed by atoms with E-state index in [1.54, 1.807) is 23.6 Å². The summed E-state index contributed by atoms with van der Waals surface area (Å²) < 4.78 is 13.2. The summed E-state index contributed by atoms with van der Waals surface area (Å²) in [7, 11) is 0. The second-order valence-corrected chi connectivity index (χ2v) is 11.7. The minimum atomic E-state index is -1.89. The van der Waals surface area contributed by atoms with Crippen LogP contribution in [0.25, 0.3) is 22.3 Å². The van der Waals surface area contributed by atoms with E-state index in [2.05, 4.69) is 12.2 Å². The van der Waals surface area contributed by atoms with E-state index in [9.17, 15) is 19.2 Å². The van der Waals surface area contributed by atoms with E-state index >= 15 is 0 Å². The minimum absolute atomic E-state index is 0.0127. The van der Waals surface area contributed by atoms with Gasteiger partial charge in [0.25, 0.3) is 5.56 Å². The Morgan fingerprint density at radius 2 is 1.91 bits per heavy atom. The molecule has 0 radical (unpaired) electrons. The van der Waals surface area contributed by atoms with E-state index < -0.39 is 29.5 Å². The van der Waals surface area contributed by atoms with Crippen molar-refractivity contribution in [1.29, 1.82) is 0 Å². The van der Waals surface area contributed by atoms with Gasteiger partial charge in [-0.2, -0.15) is 0 Å². The number of amides is 1. The van der Waals surface area contributed by atoms with Crippen molar-refractivity contribution >= 4 is 34.4 Å². The van der Waals surface area contributed by atoms with Crippen LogP contribution in [0.5, 0.6) is 0 Å². The van der Waals surface area contributed by atoms with E-state index in [1.165, 1.54) is 0 Å². The number of pyridine rings is 2. The van der Waals surface area contributed by atoms with Crippen molar-refractivity contribution in [2.45, 2.75) is 90.0 Å². The molecule has 2 atom stereocenters. The number of fused-ring (bicyclic) bond motifs is 5. The van der Waals surface area contributed by atoms with Gasteiger partial charge in [0, 0.05) is 35.2 Å². The Morgan fingerprint density at radius 1 is 1.11 bits per heavy atom. The van der Waals surface area contributed by atoms with Gasteiger partial charge in [0.05, 0.1) is 29.0 Å². The van der Waals surface area contributed by atoms with Gasteiger partial charge in [-0.15, -0.1) is 0 Å². The molecule has 7 N–H and O–H groups in total. The highest BCUT2D eigenvalue weighted by Crippen LogP contribution is 2.42. The molecule has 45 heavy (non-hydrogen) atoms. The van der Waals surface area contributed by atoms with Crippen molar-refractivity contribution in [2.75, 3.05) is 18.8 Å². The Balaban J connectivity index is 1.61. The first kappa shape index (κ1) is 32.1. The van der Waals surface area contributed by atoms with Gasteiger partial charge in [-0.1, -0.05) is 20.3 Å². The number of nitrogens with two attached hydrogens (primary N) is 3. The zero-order valence-corrected chi connectivity index (χ0v) is 25.9. The number of ether oxygens (including phenoxy) is 2. The topological polar surface area (TPSA) is 195 Å². The third-order valence-electron chi connectivity index (χ3n) is 8.79. The number of rotatable bonds is 13. The van der Waals surface area contributed by atoms with Crippen LogP contribution in [0.15, 0.2) is 29.1 Å². The van der Waals surface area contributed by atoms with Gasteiger partial charge in [0.2, 0.25) is 11.5 Å². The van der Waals surface area contributed by atoms with Crippen LogP contribution in [0.2, 0.25) is 0 Å². The molecule has 2 aromatic heterocycles. The number of esters is 2. The summed E-state index contributed by atoms with van der Waals surface area (Å²) in [4.78, 5) is 58.7. The molecule has 12 heteroatoms. The Morgan fingerprint density at radius 3 is 2.62 bits per heavy atom. The SMILES string of the molecule is CCCCc1c2c(nc3ccc(N)cc13)-c1cc3c(c(=O)n1C2)COC(=O)[C@@]3(CC)OC(=O)C(CCCCN)NC(=O)CCN. The highest BCUT2D eigenvalue weighted by atomic mass is 16.6. The first-order valence-corrected chi connectivity index (χ1v) is 15.8. The van der Waals surface area contributed by atoms with Gasteiger partial charge in [-0.25, -0.2) is 14.6 Å². The summed E-state index contributed by atoms with van der Waals surface area (Å²) in [5.74, 6) is -1.97. The van der Waals surface area contributed by atoms with Gasteiger partial charge in [-0.3, -0.25) is 9.59 Å². The molecule has 0 fully saturated rings. The summed E-state index contributed by atoms with van der Waals surface area (Å²) in [6, 6.07) is 6.31. The maximum absolute atomic E-state index is 14.1. The van der Waals surface area contributed by atoms with Crippen molar-refractivity contribution in [3.8, 4) is 11.4 Å². The van der Waals surface area contributed by atoms with Crippen LogP contribution < -0.4 is 28.1 Å². The average Bonchev–Trinajstić information content (AvgIpc) is 3.39. The maximum atomic E-state index is 14.1. The maximum Gasteiger partial charge on any atom is 0.355 e. The lowest BCUT2D eigenvalue weighted by molar-refractivity contribution is -0.191. The van der Waals surface area contributed by atoms with E-state index in [-0.39, 0.29) is 49.1 Å². The second-order valence-electron chi connectivity index (χ2n) is 11.7. The number of carbonyl (C=O) groups is 3. The first-order valence-electron chi connectivity index (χ1n) is 15.8. The summed E-state index contributed by atoms with van der Waals surface area (Å²) >= 11 is 0. The third kappa shape index (κ3) is 5.91. The van der Waals surface area contributed by atoms with Crippen LogP contribution >= 0.6 is 0 Å². The van der Waals surface area contributed by atoms with Crippen LogP contribution in [0, 0.1) is 0 Å². The number of unbranched alkanes of at least 4 members (excludes halogenated alkanes) is 2. The standard InChI is InChI=1S/C33H42N6O6/c1-3-5-8-20-21-15-19(36)10-11-25(21)38-29-22(20)17-39-27(29)16-24-23(30(39)41)18-44-32(43)33(24,4-2)45-31(42)26(9-6-7-13-34)37-28(40)12-14-35/h10-11,15-16,26H,3-9,12-14,17-18,34-36H2,1-2H3,(H,37,40)/t26?,33-/m0/s1. The lowest BCUT2D eigenvalue weighted by atomic mass is 9.85. The Bertz CT molecular complexity index is 1700. The molecule has 1 aromatic carbocycles. The van der Waals surface area contributed by atoms with E-state index in [0.29, 0.717) is 43.0 Å². The predicted molar refractivity (Wildman–Crippen MR) is 170 cm³/mol. The fraction of sp³-hybridized carbons (Fsp3) is 0.485. The van der Waals surface area contributed by atoms with Crippen LogP contribution in [-0.4, -0.2) is 46.5 Å². The number of anilines is 1. The summed E-state index contributed by atoms with van der Waals surface area (Å²) in [6.07, 6.45) is 4.23. The van der Waals surface area contributed by atoms with Gasteiger partial charge in [0.15, 0.2) is 0 Å². The molecule has 3 aromatic rings. The zero-order chi connectivity index (χ0) is 32.3. The number of cyclic esters (lactones) is 1. The Labute approximate surface area is 261 Å². The number of nitrogens with one attached hydrogen (secondary N) is 1. The number of aromatic nitrogens is 2. The number of carbonyl (C=O) groups excluding carboxylic acids is 3. The van der Waals surface area contributed by atoms with Crippen molar-refractivity contribution in [3.63, 3.8) is 0 Å². The van der Waals surface area contributed by atoms with Crippen LogP contribution in [0.4, 0.5) is 5.69 Å². The van der Waals surface area contributed by atoms with Crippen molar-refractivity contribution in [3.05, 3.63) is 56.9 Å². The van der Waals surface area contributed by atoms with E-state index in [4.69, 9.17) is 31.7 Å². The smallest absolute Gasteiger partial charge is 0.355 e. The highest BCUT2D eigenvalue weighted by Gasteiger charge is 2.51. The predicted octanol–water partition coefficient (Wildman–Crippen LogP) is 2.52. The molecule has 0 spiro atoms. The molecule has 240 valence electrons. The summed E-state index contributed by atoms with van der Waals surface area (Å²) in [5.41, 5.74) is 20.3. The number of aryl methyl sites for hydroxylation is 1. The molecule has 0 aliphatic carbocycles. The van der Waals surface area contributed by atoms with Crippen LogP contribution in [-0.2, 0) is 49.0 Å². The minimum Gasteiger partial charge on any atom is -0.457 e.